The summed E-state index contributed by atoms with van der Waals surface area (Å²) in [6.07, 6.45) is 6.29. The molecule has 1 atom stereocenters. The molecule has 0 bridgehead atoms. The molecule has 0 aliphatic rings. The summed E-state index contributed by atoms with van der Waals surface area (Å²) < 4.78 is 5.09. The zero-order chi connectivity index (χ0) is 11.5. The van der Waals surface area contributed by atoms with Crippen molar-refractivity contribution >= 4 is 0 Å². The Morgan fingerprint density at radius 2 is 1.87 bits per heavy atom. The van der Waals surface area contributed by atoms with Gasteiger partial charge in [-0.2, -0.15) is 0 Å². The Kier molecular flexibility index (Phi) is 10.4. The van der Waals surface area contributed by atoms with Gasteiger partial charge in [0.1, 0.15) is 0 Å². The molecule has 0 heterocycles. The van der Waals surface area contributed by atoms with Crippen molar-refractivity contribution in [2.45, 2.75) is 58.9 Å². The standard InChI is InChI=1S/C13H29NO/c1-5-10-14-13(7-6-11-15-4)9-8-12(2)3/h12-14H,5-11H2,1-4H3. The molecule has 0 rings (SSSR count). The Morgan fingerprint density at radius 3 is 2.40 bits per heavy atom. The van der Waals surface area contributed by atoms with Crippen molar-refractivity contribution in [3.8, 4) is 0 Å². The van der Waals surface area contributed by atoms with Gasteiger partial charge in [0.15, 0.2) is 0 Å². The Balaban J connectivity index is 3.63. The third-order valence-electron chi connectivity index (χ3n) is 2.68. The van der Waals surface area contributed by atoms with Gasteiger partial charge >= 0.3 is 0 Å². The normalized spacial score (nSPS) is 13.4. The molecule has 0 saturated heterocycles. The van der Waals surface area contributed by atoms with Gasteiger partial charge in [0, 0.05) is 19.8 Å². The van der Waals surface area contributed by atoms with Crippen molar-refractivity contribution in [2.24, 2.45) is 5.92 Å². The lowest BCUT2D eigenvalue weighted by atomic mass is 10.00. The summed E-state index contributed by atoms with van der Waals surface area (Å²) in [5.74, 6) is 0.818. The van der Waals surface area contributed by atoms with Crippen LogP contribution in [0.5, 0.6) is 0 Å². The quantitative estimate of drug-likeness (QED) is 0.565. The largest absolute Gasteiger partial charge is 0.385 e. The molecule has 0 aliphatic carbocycles. The number of hydrogen-bond acceptors (Lipinski definition) is 2. The van der Waals surface area contributed by atoms with Crippen molar-refractivity contribution in [2.75, 3.05) is 20.3 Å². The smallest absolute Gasteiger partial charge is 0.0462 e. The van der Waals surface area contributed by atoms with E-state index in [1.54, 1.807) is 7.11 Å². The molecular weight excluding hydrogens is 186 g/mol. The number of methoxy groups -OCH3 is 1. The zero-order valence-corrected chi connectivity index (χ0v) is 11.0. The van der Waals surface area contributed by atoms with Crippen LogP contribution in [0.3, 0.4) is 0 Å². The summed E-state index contributed by atoms with van der Waals surface area (Å²) in [5, 5.41) is 3.63. The predicted octanol–water partition coefficient (Wildman–Crippen LogP) is 3.22. The van der Waals surface area contributed by atoms with E-state index in [9.17, 15) is 0 Å². The summed E-state index contributed by atoms with van der Waals surface area (Å²) in [7, 11) is 1.78. The van der Waals surface area contributed by atoms with Crippen LogP contribution in [0.4, 0.5) is 0 Å². The number of ether oxygens (including phenoxy) is 1. The third-order valence-corrected chi connectivity index (χ3v) is 2.68. The minimum Gasteiger partial charge on any atom is -0.385 e. The predicted molar refractivity (Wildman–Crippen MR) is 67.3 cm³/mol. The molecule has 0 spiro atoms. The summed E-state index contributed by atoms with van der Waals surface area (Å²) in [6.45, 7) is 8.86. The van der Waals surface area contributed by atoms with Crippen molar-refractivity contribution < 1.29 is 4.74 Å². The number of nitrogens with one attached hydrogen (secondary N) is 1. The number of hydrogen-bond donors (Lipinski definition) is 1. The first-order valence-corrected chi connectivity index (χ1v) is 6.43. The second-order valence-corrected chi connectivity index (χ2v) is 4.76. The highest BCUT2D eigenvalue weighted by Crippen LogP contribution is 2.10. The number of rotatable bonds is 10. The molecule has 2 heteroatoms. The summed E-state index contributed by atoms with van der Waals surface area (Å²) in [6, 6.07) is 0.697. The third kappa shape index (κ3) is 10.2. The van der Waals surface area contributed by atoms with Crippen LogP contribution in [-0.2, 0) is 4.74 Å². The summed E-state index contributed by atoms with van der Waals surface area (Å²) in [5.41, 5.74) is 0. The van der Waals surface area contributed by atoms with E-state index in [2.05, 4.69) is 26.1 Å². The maximum absolute atomic E-state index is 5.09. The first-order chi connectivity index (χ1) is 7.20. The topological polar surface area (TPSA) is 21.3 Å². The molecule has 1 N–H and O–H groups in total. The summed E-state index contributed by atoms with van der Waals surface area (Å²) >= 11 is 0. The fourth-order valence-corrected chi connectivity index (χ4v) is 1.71. The highest BCUT2D eigenvalue weighted by Gasteiger charge is 2.08. The molecule has 0 radical (unpaired) electrons. The monoisotopic (exact) mass is 215 g/mol. The molecule has 0 aliphatic heterocycles. The van der Waals surface area contributed by atoms with Gasteiger partial charge in [-0.15, -0.1) is 0 Å². The molecule has 0 aromatic carbocycles. The van der Waals surface area contributed by atoms with Crippen LogP contribution >= 0.6 is 0 Å². The first kappa shape index (κ1) is 14.9. The Bertz CT molecular complexity index is 126. The van der Waals surface area contributed by atoms with Gasteiger partial charge in [0.2, 0.25) is 0 Å². The Labute approximate surface area is 95.8 Å². The lowest BCUT2D eigenvalue weighted by Gasteiger charge is -2.19. The summed E-state index contributed by atoms with van der Waals surface area (Å²) in [4.78, 5) is 0. The van der Waals surface area contributed by atoms with Gasteiger partial charge in [-0.1, -0.05) is 20.8 Å². The molecule has 1 unspecified atom stereocenters. The van der Waals surface area contributed by atoms with Gasteiger partial charge in [0.05, 0.1) is 0 Å². The van der Waals surface area contributed by atoms with Gasteiger partial charge in [-0.05, 0) is 44.6 Å². The average molecular weight is 215 g/mol. The van der Waals surface area contributed by atoms with Crippen LogP contribution in [0.25, 0.3) is 0 Å². The van der Waals surface area contributed by atoms with Crippen LogP contribution < -0.4 is 5.32 Å². The average Bonchev–Trinajstić information content (AvgIpc) is 2.21. The highest BCUT2D eigenvalue weighted by atomic mass is 16.5. The van der Waals surface area contributed by atoms with Gasteiger partial charge in [-0.3, -0.25) is 0 Å². The molecule has 0 amide bonds. The molecule has 0 saturated carbocycles. The van der Waals surface area contributed by atoms with Gasteiger partial charge < -0.3 is 10.1 Å². The van der Waals surface area contributed by atoms with E-state index in [-0.39, 0.29) is 0 Å². The second-order valence-electron chi connectivity index (χ2n) is 4.76. The molecule has 0 aromatic heterocycles. The Morgan fingerprint density at radius 1 is 1.13 bits per heavy atom. The van der Waals surface area contributed by atoms with Gasteiger partial charge in [0.25, 0.3) is 0 Å². The van der Waals surface area contributed by atoms with E-state index < -0.39 is 0 Å². The van der Waals surface area contributed by atoms with E-state index in [4.69, 9.17) is 4.74 Å². The first-order valence-electron chi connectivity index (χ1n) is 6.43. The van der Waals surface area contributed by atoms with Crippen LogP contribution in [0.1, 0.15) is 52.9 Å². The van der Waals surface area contributed by atoms with E-state index in [0.29, 0.717) is 6.04 Å². The van der Waals surface area contributed by atoms with E-state index in [1.165, 1.54) is 32.1 Å². The lowest BCUT2D eigenvalue weighted by molar-refractivity contribution is 0.187. The maximum atomic E-state index is 5.09. The van der Waals surface area contributed by atoms with E-state index in [1.807, 2.05) is 0 Å². The molecule has 0 fully saturated rings. The van der Waals surface area contributed by atoms with Gasteiger partial charge in [-0.25, -0.2) is 0 Å². The van der Waals surface area contributed by atoms with Crippen LogP contribution in [-0.4, -0.2) is 26.3 Å². The van der Waals surface area contributed by atoms with Crippen molar-refractivity contribution in [3.63, 3.8) is 0 Å². The minimum absolute atomic E-state index is 0.697. The second kappa shape index (κ2) is 10.4. The van der Waals surface area contributed by atoms with Crippen LogP contribution in [0.15, 0.2) is 0 Å². The highest BCUT2D eigenvalue weighted by molar-refractivity contribution is 4.67. The van der Waals surface area contributed by atoms with Crippen molar-refractivity contribution in [3.05, 3.63) is 0 Å². The maximum Gasteiger partial charge on any atom is 0.0462 e. The fourth-order valence-electron chi connectivity index (χ4n) is 1.71. The van der Waals surface area contributed by atoms with Crippen LogP contribution in [0, 0.1) is 5.92 Å². The minimum atomic E-state index is 0.697. The Hall–Kier alpha value is -0.0800. The molecule has 92 valence electrons. The SMILES string of the molecule is CCCNC(CCCOC)CCC(C)C. The molecule has 0 aromatic rings. The van der Waals surface area contributed by atoms with E-state index in [0.717, 1.165) is 19.1 Å². The molecular formula is C13H29NO. The van der Waals surface area contributed by atoms with E-state index >= 15 is 0 Å². The van der Waals surface area contributed by atoms with Crippen LogP contribution in [0.2, 0.25) is 0 Å². The molecule has 2 nitrogen and oxygen atoms in total. The lowest BCUT2D eigenvalue weighted by Crippen LogP contribution is -2.30. The van der Waals surface area contributed by atoms with Crippen molar-refractivity contribution in [1.29, 1.82) is 0 Å². The fraction of sp³-hybridized carbons (Fsp3) is 1.00. The zero-order valence-electron chi connectivity index (χ0n) is 11.0. The molecule has 15 heavy (non-hydrogen) atoms. The van der Waals surface area contributed by atoms with Crippen molar-refractivity contribution in [1.82, 2.24) is 5.32 Å².